The molecule has 6 heteroatoms. The lowest BCUT2D eigenvalue weighted by Crippen LogP contribution is -2.14. The third-order valence-corrected chi connectivity index (χ3v) is 6.21. The zero-order chi connectivity index (χ0) is 27.5. The Hall–Kier alpha value is -3.68. The highest BCUT2D eigenvalue weighted by molar-refractivity contribution is 5.28. The van der Waals surface area contributed by atoms with Gasteiger partial charge in [0.2, 0.25) is 0 Å². The van der Waals surface area contributed by atoms with Crippen molar-refractivity contribution in [1.82, 2.24) is 10.6 Å². The second-order valence-electron chi connectivity index (χ2n) is 9.39. The molecule has 0 saturated carbocycles. The van der Waals surface area contributed by atoms with Crippen LogP contribution in [0.4, 0.5) is 0 Å². The van der Waals surface area contributed by atoms with Crippen LogP contribution in [0.1, 0.15) is 22.3 Å². The maximum absolute atomic E-state index is 5.77. The molecule has 0 bridgehead atoms. The van der Waals surface area contributed by atoms with Crippen LogP contribution in [-0.2, 0) is 35.7 Å². The molecule has 0 saturated heterocycles. The summed E-state index contributed by atoms with van der Waals surface area (Å²) in [5, 5.41) is 6.92. The topological polar surface area (TPSA) is 61.0 Å². The van der Waals surface area contributed by atoms with Crippen molar-refractivity contribution in [2.24, 2.45) is 0 Å². The summed E-state index contributed by atoms with van der Waals surface area (Å²) in [5.74, 6) is 1.69. The summed E-state index contributed by atoms with van der Waals surface area (Å²) in [6, 6.07) is 37.1. The molecular formula is C34H40N2O4. The maximum Gasteiger partial charge on any atom is 0.119 e. The molecule has 210 valence electrons. The lowest BCUT2D eigenvalue weighted by atomic mass is 10.2. The van der Waals surface area contributed by atoms with E-state index in [0.717, 1.165) is 37.7 Å². The van der Waals surface area contributed by atoms with Crippen molar-refractivity contribution in [3.8, 4) is 11.5 Å². The van der Waals surface area contributed by atoms with Crippen molar-refractivity contribution in [1.29, 1.82) is 0 Å². The van der Waals surface area contributed by atoms with Crippen LogP contribution in [0.15, 0.2) is 109 Å². The minimum Gasteiger partial charge on any atom is -0.491 e. The average molecular weight is 541 g/mol. The van der Waals surface area contributed by atoms with Crippen molar-refractivity contribution >= 4 is 0 Å². The normalized spacial score (nSPS) is 10.9. The van der Waals surface area contributed by atoms with Gasteiger partial charge in [-0.15, -0.1) is 0 Å². The summed E-state index contributed by atoms with van der Waals surface area (Å²) in [7, 11) is 0. The Morgan fingerprint density at radius 3 is 1.05 bits per heavy atom. The molecule has 0 spiro atoms. The van der Waals surface area contributed by atoms with Crippen LogP contribution in [0, 0.1) is 0 Å². The molecule has 40 heavy (non-hydrogen) atoms. The summed E-state index contributed by atoms with van der Waals surface area (Å²) in [5.41, 5.74) is 5.02. The van der Waals surface area contributed by atoms with E-state index in [-0.39, 0.29) is 0 Å². The first-order valence-electron chi connectivity index (χ1n) is 13.9. The number of benzene rings is 4. The number of hydrogen-bond donors (Lipinski definition) is 2. The van der Waals surface area contributed by atoms with Gasteiger partial charge in [-0.05, 0) is 46.5 Å². The standard InChI is InChI=1S/C34H40N2O4/c1-3-7-29(8-4-1)25-35-27-31-11-15-33(16-12-31)39-23-21-37-19-20-38-22-24-40-34-17-13-32(14-18-34)28-36-26-30-9-5-2-6-10-30/h1-18,35-36H,19-28H2. The molecule has 0 radical (unpaired) electrons. The lowest BCUT2D eigenvalue weighted by Gasteiger charge is -2.10. The Bertz CT molecular complexity index is 1090. The first-order valence-corrected chi connectivity index (χ1v) is 13.9. The minimum atomic E-state index is 0.506. The van der Waals surface area contributed by atoms with Gasteiger partial charge in [-0.25, -0.2) is 0 Å². The molecular weight excluding hydrogens is 500 g/mol. The van der Waals surface area contributed by atoms with E-state index in [9.17, 15) is 0 Å². The van der Waals surface area contributed by atoms with Gasteiger partial charge in [-0.1, -0.05) is 84.9 Å². The van der Waals surface area contributed by atoms with E-state index in [0.29, 0.717) is 39.6 Å². The van der Waals surface area contributed by atoms with Gasteiger partial charge in [0.1, 0.15) is 24.7 Å². The zero-order valence-electron chi connectivity index (χ0n) is 23.1. The Morgan fingerprint density at radius 2 is 0.675 bits per heavy atom. The molecule has 0 amide bonds. The van der Waals surface area contributed by atoms with E-state index in [2.05, 4.69) is 83.4 Å². The summed E-state index contributed by atoms with van der Waals surface area (Å²) >= 11 is 0. The third kappa shape index (κ3) is 11.6. The van der Waals surface area contributed by atoms with Gasteiger partial charge in [0.15, 0.2) is 0 Å². The van der Waals surface area contributed by atoms with Crippen LogP contribution in [0.5, 0.6) is 11.5 Å². The average Bonchev–Trinajstić information content (AvgIpc) is 3.01. The van der Waals surface area contributed by atoms with Gasteiger partial charge in [-0.3, -0.25) is 0 Å². The number of hydrogen-bond acceptors (Lipinski definition) is 6. The van der Waals surface area contributed by atoms with Gasteiger partial charge in [-0.2, -0.15) is 0 Å². The molecule has 0 aliphatic carbocycles. The zero-order valence-corrected chi connectivity index (χ0v) is 23.1. The molecule has 0 heterocycles. The van der Waals surface area contributed by atoms with Gasteiger partial charge in [0.25, 0.3) is 0 Å². The van der Waals surface area contributed by atoms with Gasteiger partial charge >= 0.3 is 0 Å². The van der Waals surface area contributed by atoms with Crippen molar-refractivity contribution in [3.05, 3.63) is 131 Å². The first-order chi connectivity index (χ1) is 19.8. The van der Waals surface area contributed by atoms with Crippen molar-refractivity contribution in [2.75, 3.05) is 39.6 Å². The van der Waals surface area contributed by atoms with Crippen molar-refractivity contribution in [3.63, 3.8) is 0 Å². The van der Waals surface area contributed by atoms with Crippen molar-refractivity contribution in [2.45, 2.75) is 26.2 Å². The molecule has 6 nitrogen and oxygen atoms in total. The monoisotopic (exact) mass is 540 g/mol. The fourth-order valence-corrected chi connectivity index (χ4v) is 4.06. The van der Waals surface area contributed by atoms with Crippen LogP contribution in [0.2, 0.25) is 0 Å². The summed E-state index contributed by atoms with van der Waals surface area (Å²) in [6.07, 6.45) is 0. The Morgan fingerprint density at radius 1 is 0.350 bits per heavy atom. The summed E-state index contributed by atoms with van der Waals surface area (Å²) < 4.78 is 22.7. The minimum absolute atomic E-state index is 0.506. The highest BCUT2D eigenvalue weighted by atomic mass is 16.6. The van der Waals surface area contributed by atoms with E-state index < -0.39 is 0 Å². The molecule has 0 aliphatic heterocycles. The molecule has 2 N–H and O–H groups in total. The molecule has 0 unspecified atom stereocenters. The Balaban J connectivity index is 0.955. The highest BCUT2D eigenvalue weighted by Gasteiger charge is 1.99. The van der Waals surface area contributed by atoms with E-state index in [1.807, 2.05) is 36.4 Å². The van der Waals surface area contributed by atoms with Crippen LogP contribution in [0.3, 0.4) is 0 Å². The number of rotatable bonds is 19. The second-order valence-corrected chi connectivity index (χ2v) is 9.39. The van der Waals surface area contributed by atoms with Gasteiger partial charge in [0, 0.05) is 26.2 Å². The smallest absolute Gasteiger partial charge is 0.119 e. The lowest BCUT2D eigenvalue weighted by molar-refractivity contribution is 0.0273. The van der Waals surface area contributed by atoms with Gasteiger partial charge < -0.3 is 29.6 Å². The molecule has 0 aromatic heterocycles. The van der Waals surface area contributed by atoms with Gasteiger partial charge in [0.05, 0.1) is 26.4 Å². The molecule has 0 fully saturated rings. The molecule has 0 aliphatic rings. The molecule has 4 aromatic carbocycles. The Kier molecular flexibility index (Phi) is 13.1. The van der Waals surface area contributed by atoms with E-state index in [4.69, 9.17) is 18.9 Å². The maximum atomic E-state index is 5.77. The predicted octanol–water partition coefficient (Wildman–Crippen LogP) is 5.76. The first kappa shape index (κ1) is 29.3. The molecule has 4 rings (SSSR count). The fraction of sp³-hybridized carbons (Fsp3) is 0.294. The quantitative estimate of drug-likeness (QED) is 0.148. The SMILES string of the molecule is c1ccc(CNCc2ccc(OCCOCCOCCOc3ccc(CNCc4ccccc4)cc3)cc2)cc1. The Labute approximate surface area is 238 Å². The highest BCUT2D eigenvalue weighted by Crippen LogP contribution is 2.13. The second kappa shape index (κ2) is 17.8. The predicted molar refractivity (Wildman–Crippen MR) is 159 cm³/mol. The van der Waals surface area contributed by atoms with Crippen molar-refractivity contribution < 1.29 is 18.9 Å². The largest absolute Gasteiger partial charge is 0.491 e. The van der Waals surface area contributed by atoms with E-state index >= 15 is 0 Å². The summed E-state index contributed by atoms with van der Waals surface area (Å²) in [4.78, 5) is 0. The van der Waals surface area contributed by atoms with Crippen LogP contribution >= 0.6 is 0 Å². The van der Waals surface area contributed by atoms with Crippen LogP contribution < -0.4 is 20.1 Å². The third-order valence-electron chi connectivity index (χ3n) is 6.21. The fourth-order valence-electron chi connectivity index (χ4n) is 4.06. The molecule has 0 atom stereocenters. The molecule has 4 aromatic rings. The van der Waals surface area contributed by atoms with E-state index in [1.165, 1.54) is 22.3 Å². The van der Waals surface area contributed by atoms with Crippen LogP contribution in [-0.4, -0.2) is 39.6 Å². The van der Waals surface area contributed by atoms with Crippen LogP contribution in [0.25, 0.3) is 0 Å². The number of nitrogens with one attached hydrogen (secondary N) is 2. The number of ether oxygens (including phenoxy) is 4. The summed E-state index contributed by atoms with van der Waals surface area (Å²) in [6.45, 7) is 6.47. The van der Waals surface area contributed by atoms with E-state index in [1.54, 1.807) is 0 Å².